The summed E-state index contributed by atoms with van der Waals surface area (Å²) in [6.45, 7) is 0.147. The second kappa shape index (κ2) is 7.87. The Hall–Kier alpha value is -1.48. The number of pyridine rings is 1. The quantitative estimate of drug-likeness (QED) is 0.802. The molecule has 2 aromatic rings. The van der Waals surface area contributed by atoms with Crippen LogP contribution in [0.2, 0.25) is 4.34 Å². The van der Waals surface area contributed by atoms with Gasteiger partial charge in [-0.3, -0.25) is 9.78 Å². The molecule has 0 radical (unpaired) electrons. The molecule has 0 atom stereocenters. The van der Waals surface area contributed by atoms with Crippen LogP contribution in [0.25, 0.3) is 0 Å². The maximum Gasteiger partial charge on any atom is 0.252 e. The Morgan fingerprint density at radius 1 is 1.35 bits per heavy atom. The lowest BCUT2D eigenvalue weighted by molar-refractivity contribution is -0.121. The number of likely N-dealkylation sites (N-methyl/N-ethyl adjacent to an activating group) is 1. The van der Waals surface area contributed by atoms with Gasteiger partial charge in [0.25, 0.3) is 10.0 Å². The molecule has 1 N–H and O–H groups in total. The number of halogens is 1. The molecule has 6 nitrogen and oxygen atoms in total. The summed E-state index contributed by atoms with van der Waals surface area (Å²) >= 11 is 6.72. The third-order valence-corrected chi connectivity index (χ3v) is 6.51. The molecule has 2 aromatic heterocycles. The summed E-state index contributed by atoms with van der Waals surface area (Å²) in [6.07, 6.45) is 2.27. The molecule has 2 rings (SSSR count). The first-order valence-corrected chi connectivity index (χ1v) is 9.41. The van der Waals surface area contributed by atoms with Gasteiger partial charge in [0.15, 0.2) is 0 Å². The number of rotatable bonds is 7. The molecule has 0 spiro atoms. The zero-order valence-corrected chi connectivity index (χ0v) is 14.8. The zero-order chi connectivity index (χ0) is 16.9. The van der Waals surface area contributed by atoms with Gasteiger partial charge in [-0.15, -0.1) is 11.3 Å². The van der Waals surface area contributed by atoms with E-state index in [0.717, 1.165) is 21.3 Å². The van der Waals surface area contributed by atoms with Gasteiger partial charge in [-0.2, -0.15) is 4.31 Å². The van der Waals surface area contributed by atoms with Crippen molar-refractivity contribution in [1.29, 1.82) is 0 Å². The van der Waals surface area contributed by atoms with Gasteiger partial charge in [0.2, 0.25) is 5.91 Å². The maximum absolute atomic E-state index is 12.3. The molecule has 9 heteroatoms. The van der Waals surface area contributed by atoms with Gasteiger partial charge in [-0.25, -0.2) is 8.42 Å². The molecule has 0 aromatic carbocycles. The second-order valence-electron chi connectivity index (χ2n) is 4.74. The average molecular weight is 374 g/mol. The smallest absolute Gasteiger partial charge is 0.252 e. The number of amides is 1. The number of thiophene rings is 1. The summed E-state index contributed by atoms with van der Waals surface area (Å²) in [4.78, 5) is 16.0. The van der Waals surface area contributed by atoms with Crippen LogP contribution in [0.15, 0.2) is 40.7 Å². The molecule has 0 bridgehead atoms. The Labute approximate surface area is 144 Å². The van der Waals surface area contributed by atoms with Crippen molar-refractivity contribution < 1.29 is 13.2 Å². The Kier molecular flexibility index (Phi) is 6.11. The van der Waals surface area contributed by atoms with Gasteiger partial charge in [0, 0.05) is 31.9 Å². The minimum atomic E-state index is -3.70. The lowest BCUT2D eigenvalue weighted by atomic mass is 10.3. The summed E-state index contributed by atoms with van der Waals surface area (Å²) in [5.74, 6) is -0.366. The molecule has 1 amide bonds. The molecule has 23 heavy (non-hydrogen) atoms. The van der Waals surface area contributed by atoms with E-state index >= 15 is 0 Å². The monoisotopic (exact) mass is 373 g/mol. The first-order chi connectivity index (χ1) is 10.9. The number of hydrogen-bond donors (Lipinski definition) is 1. The minimum absolute atomic E-state index is 0.117. The van der Waals surface area contributed by atoms with Crippen molar-refractivity contribution in [2.75, 3.05) is 20.1 Å². The van der Waals surface area contributed by atoms with Crippen LogP contribution < -0.4 is 5.32 Å². The van der Waals surface area contributed by atoms with Crippen molar-refractivity contribution in [2.24, 2.45) is 0 Å². The molecule has 0 fully saturated rings. The van der Waals surface area contributed by atoms with Gasteiger partial charge >= 0.3 is 0 Å². The summed E-state index contributed by atoms with van der Waals surface area (Å²) in [5.41, 5.74) is 0.863. The molecule has 0 saturated heterocycles. The highest BCUT2D eigenvalue weighted by Crippen LogP contribution is 2.27. The van der Waals surface area contributed by atoms with Gasteiger partial charge in [0.1, 0.15) is 4.21 Å². The van der Waals surface area contributed by atoms with Crippen molar-refractivity contribution in [3.05, 3.63) is 46.6 Å². The molecule has 0 unspecified atom stereocenters. The number of nitrogens with zero attached hydrogens (tertiary/aromatic N) is 2. The topological polar surface area (TPSA) is 79.4 Å². The van der Waals surface area contributed by atoms with E-state index < -0.39 is 10.0 Å². The fourth-order valence-corrected chi connectivity index (χ4v) is 4.63. The predicted molar refractivity (Wildman–Crippen MR) is 90.1 cm³/mol. The minimum Gasteiger partial charge on any atom is -0.355 e. The fraction of sp³-hybridized carbons (Fsp3) is 0.286. The molecule has 2 heterocycles. The summed E-state index contributed by atoms with van der Waals surface area (Å²) < 4.78 is 26.0. The summed E-state index contributed by atoms with van der Waals surface area (Å²) in [7, 11) is -2.33. The Morgan fingerprint density at radius 2 is 2.13 bits per heavy atom. The molecular formula is C14H16ClN3O3S2. The summed E-state index contributed by atoms with van der Waals surface area (Å²) in [5, 5.41) is 2.68. The second-order valence-corrected chi connectivity index (χ2v) is 8.73. The fourth-order valence-electron chi connectivity index (χ4n) is 1.81. The highest BCUT2D eigenvalue weighted by molar-refractivity contribution is 7.91. The Balaban J connectivity index is 1.85. The maximum atomic E-state index is 12.3. The predicted octanol–water partition coefficient (Wildman–Crippen LogP) is 1.78. The first-order valence-electron chi connectivity index (χ1n) is 6.78. The van der Waals surface area contributed by atoms with E-state index in [0.29, 0.717) is 17.3 Å². The lowest BCUT2D eigenvalue weighted by Gasteiger charge is -2.15. The first kappa shape index (κ1) is 17.9. The molecule has 0 aliphatic heterocycles. The molecule has 0 aliphatic rings. The van der Waals surface area contributed by atoms with Crippen molar-refractivity contribution in [2.45, 2.75) is 10.6 Å². The zero-order valence-electron chi connectivity index (χ0n) is 12.4. The third-order valence-electron chi connectivity index (χ3n) is 3.01. The number of nitrogens with one attached hydrogen (secondary N) is 1. The molecular weight excluding hydrogens is 358 g/mol. The van der Waals surface area contributed by atoms with Gasteiger partial charge in [-0.05, 0) is 24.3 Å². The average Bonchev–Trinajstić information content (AvgIpc) is 2.95. The number of aromatic nitrogens is 1. The molecule has 124 valence electrons. The van der Waals surface area contributed by atoms with Crippen LogP contribution in [0.4, 0.5) is 0 Å². The standard InChI is InChI=1S/C14H16ClN3O3S2/c1-18(23(20,21)14-6-5-12(15)22-14)10-13(19)17-9-7-11-4-2-3-8-16-11/h2-6,8H,7,9-10H2,1H3,(H,17,19). The van der Waals surface area contributed by atoms with E-state index in [2.05, 4.69) is 10.3 Å². The van der Waals surface area contributed by atoms with Crippen molar-refractivity contribution in [1.82, 2.24) is 14.6 Å². The molecule has 0 aliphatic carbocycles. The van der Waals surface area contributed by atoms with Crippen molar-refractivity contribution in [3.8, 4) is 0 Å². The number of carbonyl (C=O) groups excluding carboxylic acids is 1. The van der Waals surface area contributed by atoms with E-state index in [1.54, 1.807) is 6.20 Å². The van der Waals surface area contributed by atoms with Crippen molar-refractivity contribution in [3.63, 3.8) is 0 Å². The van der Waals surface area contributed by atoms with E-state index in [1.807, 2.05) is 18.2 Å². The largest absolute Gasteiger partial charge is 0.355 e. The van der Waals surface area contributed by atoms with Gasteiger partial charge in [0.05, 0.1) is 10.9 Å². The van der Waals surface area contributed by atoms with E-state index in [-0.39, 0.29) is 16.7 Å². The van der Waals surface area contributed by atoms with Crippen LogP contribution in [0.1, 0.15) is 5.69 Å². The third kappa shape index (κ3) is 5.00. The van der Waals surface area contributed by atoms with Crippen molar-refractivity contribution >= 4 is 38.9 Å². The van der Waals surface area contributed by atoms with Crippen LogP contribution >= 0.6 is 22.9 Å². The van der Waals surface area contributed by atoms with E-state index in [4.69, 9.17) is 11.6 Å². The lowest BCUT2D eigenvalue weighted by Crippen LogP contribution is -2.38. The van der Waals surface area contributed by atoms with Gasteiger partial charge in [-0.1, -0.05) is 17.7 Å². The van der Waals surface area contributed by atoms with E-state index in [9.17, 15) is 13.2 Å². The van der Waals surface area contributed by atoms with Crippen LogP contribution in [0.3, 0.4) is 0 Å². The normalized spacial score (nSPS) is 11.6. The Morgan fingerprint density at radius 3 is 2.74 bits per heavy atom. The number of sulfonamides is 1. The van der Waals surface area contributed by atoms with Crippen LogP contribution in [-0.4, -0.2) is 43.8 Å². The highest BCUT2D eigenvalue weighted by atomic mass is 35.5. The Bertz CT molecular complexity index is 763. The highest BCUT2D eigenvalue weighted by Gasteiger charge is 2.24. The van der Waals surface area contributed by atoms with Crippen LogP contribution in [-0.2, 0) is 21.2 Å². The number of carbonyl (C=O) groups is 1. The SMILES string of the molecule is CN(CC(=O)NCCc1ccccn1)S(=O)(=O)c1ccc(Cl)s1. The molecule has 0 saturated carbocycles. The van der Waals surface area contributed by atoms with Gasteiger partial charge < -0.3 is 5.32 Å². The number of hydrogen-bond acceptors (Lipinski definition) is 5. The van der Waals surface area contributed by atoms with Crippen LogP contribution in [0, 0.1) is 0 Å². The summed E-state index contributed by atoms with van der Waals surface area (Å²) in [6, 6.07) is 8.50. The van der Waals surface area contributed by atoms with Crippen LogP contribution in [0.5, 0.6) is 0 Å². The van der Waals surface area contributed by atoms with E-state index in [1.165, 1.54) is 19.2 Å².